The van der Waals surface area contributed by atoms with Crippen LogP contribution in [0.3, 0.4) is 0 Å². The summed E-state index contributed by atoms with van der Waals surface area (Å²) in [5.41, 5.74) is 4.13. The van der Waals surface area contributed by atoms with E-state index in [0.29, 0.717) is 17.3 Å². The van der Waals surface area contributed by atoms with E-state index in [4.69, 9.17) is 9.47 Å². The third-order valence-corrected chi connectivity index (χ3v) is 5.36. The number of esters is 1. The average Bonchev–Trinajstić information content (AvgIpc) is 2.89. The van der Waals surface area contributed by atoms with E-state index in [2.05, 4.69) is 37.6 Å². The molecule has 0 saturated carbocycles. The van der Waals surface area contributed by atoms with E-state index in [1.165, 1.54) is 12.8 Å². The maximum atomic E-state index is 11.8. The predicted molar refractivity (Wildman–Crippen MR) is 130 cm³/mol. The van der Waals surface area contributed by atoms with Crippen molar-refractivity contribution in [1.82, 2.24) is 15.3 Å². The van der Waals surface area contributed by atoms with Gasteiger partial charge >= 0.3 is 5.97 Å². The van der Waals surface area contributed by atoms with Gasteiger partial charge in [-0.1, -0.05) is 12.1 Å². The highest BCUT2D eigenvalue weighted by molar-refractivity contribution is 5.91. The number of hydrogen-bond donors (Lipinski definition) is 2. The molecule has 0 radical (unpaired) electrons. The molecule has 8 heteroatoms. The summed E-state index contributed by atoms with van der Waals surface area (Å²) in [7, 11) is 2.94. The molecule has 0 aliphatic carbocycles. The van der Waals surface area contributed by atoms with Crippen molar-refractivity contribution < 1.29 is 14.3 Å². The first-order valence-corrected chi connectivity index (χ1v) is 10.8. The third kappa shape index (κ3) is 5.67. The first-order valence-electron chi connectivity index (χ1n) is 10.8. The van der Waals surface area contributed by atoms with Crippen LogP contribution < -0.4 is 15.5 Å². The molecule has 1 saturated heterocycles. The molecule has 8 nitrogen and oxygen atoms in total. The molecule has 2 N–H and O–H groups in total. The van der Waals surface area contributed by atoms with E-state index in [0.717, 1.165) is 43.0 Å². The highest BCUT2D eigenvalue weighted by atomic mass is 16.5. The van der Waals surface area contributed by atoms with E-state index < -0.39 is 5.97 Å². The molecule has 170 valence electrons. The van der Waals surface area contributed by atoms with Gasteiger partial charge in [0.2, 0.25) is 5.95 Å². The van der Waals surface area contributed by atoms with Crippen LogP contribution in [-0.4, -0.2) is 56.3 Å². The molecule has 2 heterocycles. The Kier molecular flexibility index (Phi) is 7.16. The number of nitrogens with zero attached hydrogens (tertiary/aromatic N) is 3. The zero-order chi connectivity index (χ0) is 23.0. The van der Waals surface area contributed by atoms with Crippen molar-refractivity contribution in [3.63, 3.8) is 0 Å². The third-order valence-electron chi connectivity index (χ3n) is 5.36. The van der Waals surface area contributed by atoms with Crippen LogP contribution in [0.2, 0.25) is 0 Å². The first-order chi connectivity index (χ1) is 16.2. The number of benzene rings is 2. The Morgan fingerprint density at radius 2 is 1.70 bits per heavy atom. The molecule has 33 heavy (non-hydrogen) atoms. The smallest absolute Gasteiger partial charge is 0.337 e. The largest absolute Gasteiger partial charge is 0.496 e. The average molecular weight is 446 g/mol. The highest BCUT2D eigenvalue weighted by Gasteiger charge is 2.11. The van der Waals surface area contributed by atoms with Crippen molar-refractivity contribution in [3.8, 4) is 0 Å². The summed E-state index contributed by atoms with van der Waals surface area (Å²) in [4.78, 5) is 23.0. The molecule has 1 fully saturated rings. The van der Waals surface area contributed by atoms with E-state index in [9.17, 15) is 4.79 Å². The van der Waals surface area contributed by atoms with Crippen LogP contribution in [0, 0.1) is 0 Å². The van der Waals surface area contributed by atoms with E-state index in [1.54, 1.807) is 37.7 Å². The Morgan fingerprint density at radius 1 is 1.00 bits per heavy atom. The number of carbonyl (C=O) groups excluding carboxylic acids is 1. The van der Waals surface area contributed by atoms with Crippen molar-refractivity contribution in [2.24, 2.45) is 0 Å². The minimum Gasteiger partial charge on any atom is -0.496 e. The fourth-order valence-electron chi connectivity index (χ4n) is 3.61. The van der Waals surface area contributed by atoms with Crippen LogP contribution >= 0.6 is 0 Å². The van der Waals surface area contributed by atoms with E-state index in [1.807, 2.05) is 24.3 Å². The molecule has 1 aliphatic rings. The molecular formula is C25H27N5O3. The predicted octanol–water partition coefficient (Wildman–Crippen LogP) is 3.56. The second kappa shape index (κ2) is 10.6. The molecule has 2 aromatic carbocycles. The maximum Gasteiger partial charge on any atom is 0.337 e. The monoisotopic (exact) mass is 445 g/mol. The molecule has 0 unspecified atom stereocenters. The Morgan fingerprint density at radius 3 is 2.36 bits per heavy atom. The normalized spacial score (nSPS) is 14.0. The number of nitrogens with one attached hydrogen (secondary N) is 2. The Bertz CT molecular complexity index is 1110. The summed E-state index contributed by atoms with van der Waals surface area (Å²) in [6, 6.07) is 15.4. The van der Waals surface area contributed by atoms with Crippen molar-refractivity contribution in [1.29, 1.82) is 0 Å². The SMILES string of the molecule is COC(=O)c1cccc(/C(=C\c2cnc(Nc3ccc(N4CCNCC4)cc3)nc2)OC)c1. The number of piperazine rings is 1. The van der Waals surface area contributed by atoms with Gasteiger partial charge in [0.25, 0.3) is 0 Å². The standard InChI is InChI=1S/C25H27N5O3/c1-32-23(19-4-3-5-20(15-19)24(31)33-2)14-18-16-27-25(28-17-18)29-21-6-8-22(9-7-21)30-12-10-26-11-13-30/h3-9,14-17,26H,10-13H2,1-2H3,(H,27,28,29)/b23-14+. The van der Waals surface area contributed by atoms with Gasteiger partial charge in [0, 0.05) is 61.1 Å². The lowest BCUT2D eigenvalue weighted by molar-refractivity contribution is 0.0600. The van der Waals surface area contributed by atoms with Gasteiger partial charge in [-0.05, 0) is 42.5 Å². The van der Waals surface area contributed by atoms with E-state index >= 15 is 0 Å². The zero-order valence-electron chi connectivity index (χ0n) is 18.7. The summed E-state index contributed by atoms with van der Waals surface area (Å²) in [6.07, 6.45) is 5.25. The van der Waals surface area contributed by atoms with Crippen molar-refractivity contribution in [3.05, 3.63) is 77.6 Å². The molecule has 0 amide bonds. The van der Waals surface area contributed by atoms with Crippen LogP contribution in [0.1, 0.15) is 21.5 Å². The molecular weight excluding hydrogens is 418 g/mol. The van der Waals surface area contributed by atoms with Gasteiger partial charge in [-0.2, -0.15) is 0 Å². The highest BCUT2D eigenvalue weighted by Crippen LogP contribution is 2.22. The van der Waals surface area contributed by atoms with E-state index in [-0.39, 0.29) is 0 Å². The van der Waals surface area contributed by atoms with Crippen LogP contribution in [0.5, 0.6) is 0 Å². The maximum absolute atomic E-state index is 11.8. The molecule has 4 rings (SSSR count). The van der Waals surface area contributed by atoms with Gasteiger partial charge in [0.05, 0.1) is 19.8 Å². The molecule has 3 aromatic rings. The number of carbonyl (C=O) groups is 1. The number of hydrogen-bond acceptors (Lipinski definition) is 8. The van der Waals surface area contributed by atoms with Crippen LogP contribution in [0.15, 0.2) is 60.9 Å². The summed E-state index contributed by atoms with van der Waals surface area (Å²) in [5, 5.41) is 6.60. The molecule has 0 bridgehead atoms. The van der Waals surface area contributed by atoms with Crippen molar-refractivity contribution >= 4 is 35.1 Å². The minimum atomic E-state index is -0.396. The Hall–Kier alpha value is -3.91. The summed E-state index contributed by atoms with van der Waals surface area (Å²) in [5.74, 6) is 0.703. The molecule has 1 aromatic heterocycles. The number of methoxy groups -OCH3 is 2. The number of aromatic nitrogens is 2. The van der Waals surface area contributed by atoms with Gasteiger partial charge in [0.1, 0.15) is 5.76 Å². The lowest BCUT2D eigenvalue weighted by Gasteiger charge is -2.29. The van der Waals surface area contributed by atoms with Gasteiger partial charge < -0.3 is 25.0 Å². The Balaban J connectivity index is 1.44. The van der Waals surface area contributed by atoms with Gasteiger partial charge in [-0.15, -0.1) is 0 Å². The van der Waals surface area contributed by atoms with Crippen LogP contribution in [-0.2, 0) is 9.47 Å². The van der Waals surface area contributed by atoms with Crippen molar-refractivity contribution in [2.75, 3.05) is 50.6 Å². The lowest BCUT2D eigenvalue weighted by Crippen LogP contribution is -2.43. The summed E-state index contributed by atoms with van der Waals surface area (Å²) < 4.78 is 10.3. The molecule has 0 spiro atoms. The summed E-state index contributed by atoms with van der Waals surface area (Å²) in [6.45, 7) is 4.05. The first kappa shape index (κ1) is 22.3. The fourth-order valence-corrected chi connectivity index (χ4v) is 3.61. The number of anilines is 3. The second-order valence-electron chi connectivity index (χ2n) is 7.53. The van der Waals surface area contributed by atoms with Crippen molar-refractivity contribution in [2.45, 2.75) is 0 Å². The number of ether oxygens (including phenoxy) is 2. The van der Waals surface area contributed by atoms with Gasteiger partial charge in [0.15, 0.2) is 0 Å². The lowest BCUT2D eigenvalue weighted by atomic mass is 10.1. The number of rotatable bonds is 7. The summed E-state index contributed by atoms with van der Waals surface area (Å²) >= 11 is 0. The zero-order valence-corrected chi connectivity index (χ0v) is 18.7. The topological polar surface area (TPSA) is 88.6 Å². The second-order valence-corrected chi connectivity index (χ2v) is 7.53. The molecule has 1 aliphatic heterocycles. The van der Waals surface area contributed by atoms with Crippen LogP contribution in [0.4, 0.5) is 17.3 Å². The van der Waals surface area contributed by atoms with Gasteiger partial charge in [-0.3, -0.25) is 0 Å². The van der Waals surface area contributed by atoms with Crippen LogP contribution in [0.25, 0.3) is 11.8 Å². The molecule has 0 atom stereocenters. The quantitative estimate of drug-likeness (QED) is 0.422. The minimum absolute atomic E-state index is 0.396. The fraction of sp³-hybridized carbons (Fsp3) is 0.240. The Labute approximate surface area is 193 Å². The van der Waals surface area contributed by atoms with Gasteiger partial charge in [-0.25, -0.2) is 14.8 Å².